The van der Waals surface area contributed by atoms with Crippen LogP contribution in [-0.4, -0.2) is 27.0 Å². The van der Waals surface area contributed by atoms with Crippen molar-refractivity contribution in [1.29, 1.82) is 0 Å². The van der Waals surface area contributed by atoms with E-state index < -0.39 is 0 Å². The van der Waals surface area contributed by atoms with Crippen molar-refractivity contribution in [2.45, 2.75) is 38.1 Å². The lowest BCUT2D eigenvalue weighted by Gasteiger charge is -2.30. The van der Waals surface area contributed by atoms with E-state index >= 15 is 0 Å². The van der Waals surface area contributed by atoms with Crippen LogP contribution in [0.4, 0.5) is 9.52 Å². The number of benzene rings is 1. The number of amidine groups is 1. The minimum atomic E-state index is -0.285. The Bertz CT molecular complexity index is 840. The monoisotopic (exact) mass is 387 g/mol. The standard InChI is InChI=1S/C19H18FN3OS2/c20-14-8-6-13(7-9-14)12-16-17(24)23(15-4-2-1-3-5-15)19(26-16)22-18-21-10-11-25-18/h6-12,15H,1-5H2/b16-12-,22-19+. The van der Waals surface area contributed by atoms with E-state index in [2.05, 4.69) is 9.98 Å². The third kappa shape index (κ3) is 3.73. The van der Waals surface area contributed by atoms with Gasteiger partial charge in [-0.1, -0.05) is 31.4 Å². The second kappa shape index (κ2) is 7.72. The number of carbonyl (C=O) groups is 1. The third-order valence-electron chi connectivity index (χ3n) is 4.56. The molecule has 2 aliphatic rings. The highest BCUT2D eigenvalue weighted by Crippen LogP contribution is 2.38. The number of nitrogens with zero attached hydrogens (tertiary/aromatic N) is 3. The zero-order valence-corrected chi connectivity index (χ0v) is 15.7. The molecule has 0 unspecified atom stereocenters. The number of aliphatic imine (C=N–C) groups is 1. The Morgan fingerprint density at radius 3 is 2.65 bits per heavy atom. The molecular weight excluding hydrogens is 369 g/mol. The Morgan fingerprint density at radius 1 is 1.19 bits per heavy atom. The summed E-state index contributed by atoms with van der Waals surface area (Å²) in [4.78, 5) is 24.4. The largest absolute Gasteiger partial charge is 0.283 e. The number of thiazole rings is 1. The summed E-state index contributed by atoms with van der Waals surface area (Å²) >= 11 is 2.83. The van der Waals surface area contributed by atoms with E-state index in [1.54, 1.807) is 18.3 Å². The molecule has 4 nitrogen and oxygen atoms in total. The first kappa shape index (κ1) is 17.4. The molecule has 1 aromatic heterocycles. The fourth-order valence-electron chi connectivity index (χ4n) is 3.29. The van der Waals surface area contributed by atoms with Gasteiger partial charge in [0.05, 0.1) is 4.91 Å². The SMILES string of the molecule is O=C1/C(=C/c2ccc(F)cc2)S/C(=N/c2nccs2)N1C1CCCCC1. The van der Waals surface area contributed by atoms with E-state index in [0.29, 0.717) is 15.2 Å². The Labute approximate surface area is 159 Å². The van der Waals surface area contributed by atoms with Gasteiger partial charge in [-0.05, 0) is 48.4 Å². The second-order valence-electron chi connectivity index (χ2n) is 6.34. The molecule has 0 N–H and O–H groups in total. The van der Waals surface area contributed by atoms with Crippen molar-refractivity contribution in [2.24, 2.45) is 4.99 Å². The molecule has 26 heavy (non-hydrogen) atoms. The fraction of sp³-hybridized carbons (Fsp3) is 0.316. The van der Waals surface area contributed by atoms with Crippen LogP contribution in [0.25, 0.3) is 6.08 Å². The Morgan fingerprint density at radius 2 is 1.96 bits per heavy atom. The van der Waals surface area contributed by atoms with E-state index in [9.17, 15) is 9.18 Å². The maximum Gasteiger partial charge on any atom is 0.267 e. The first-order valence-corrected chi connectivity index (χ1v) is 10.4. The Balaban J connectivity index is 1.67. The first-order valence-electron chi connectivity index (χ1n) is 8.67. The number of thioether (sulfide) groups is 1. The van der Waals surface area contributed by atoms with Crippen LogP contribution in [0, 0.1) is 5.82 Å². The van der Waals surface area contributed by atoms with E-state index in [-0.39, 0.29) is 17.8 Å². The summed E-state index contributed by atoms with van der Waals surface area (Å²) in [5.74, 6) is -0.297. The van der Waals surface area contributed by atoms with Gasteiger partial charge in [0.1, 0.15) is 5.82 Å². The van der Waals surface area contributed by atoms with Gasteiger partial charge in [0, 0.05) is 17.6 Å². The van der Waals surface area contributed by atoms with Crippen LogP contribution in [0.2, 0.25) is 0 Å². The average molecular weight is 388 g/mol. The smallest absolute Gasteiger partial charge is 0.267 e. The van der Waals surface area contributed by atoms with Crippen molar-refractivity contribution in [3.05, 3.63) is 52.1 Å². The summed E-state index contributed by atoms with van der Waals surface area (Å²) in [5.41, 5.74) is 0.807. The molecule has 7 heteroatoms. The predicted octanol–water partition coefficient (Wildman–Crippen LogP) is 5.22. The number of carbonyl (C=O) groups excluding carboxylic acids is 1. The number of aromatic nitrogens is 1. The molecule has 4 rings (SSSR count). The summed E-state index contributed by atoms with van der Waals surface area (Å²) < 4.78 is 13.1. The lowest BCUT2D eigenvalue weighted by Crippen LogP contribution is -2.40. The van der Waals surface area contributed by atoms with Gasteiger partial charge in [0.15, 0.2) is 5.17 Å². The van der Waals surface area contributed by atoms with Gasteiger partial charge in [0.25, 0.3) is 5.91 Å². The van der Waals surface area contributed by atoms with Crippen LogP contribution in [0.15, 0.2) is 45.7 Å². The van der Waals surface area contributed by atoms with Crippen molar-refractivity contribution in [3.8, 4) is 0 Å². The van der Waals surface area contributed by atoms with Crippen LogP contribution >= 0.6 is 23.1 Å². The molecule has 1 amide bonds. The maximum absolute atomic E-state index is 13.1. The van der Waals surface area contributed by atoms with Gasteiger partial charge >= 0.3 is 0 Å². The molecule has 2 aromatic rings. The highest BCUT2D eigenvalue weighted by atomic mass is 32.2. The van der Waals surface area contributed by atoms with Crippen molar-refractivity contribution in [3.63, 3.8) is 0 Å². The quantitative estimate of drug-likeness (QED) is 0.679. The summed E-state index contributed by atoms with van der Waals surface area (Å²) in [6.45, 7) is 0. The summed E-state index contributed by atoms with van der Waals surface area (Å²) in [6, 6.07) is 6.36. The van der Waals surface area contributed by atoms with E-state index in [1.165, 1.54) is 41.7 Å². The number of hydrogen-bond acceptors (Lipinski definition) is 5. The normalized spacial score (nSPS) is 21.9. The number of halogens is 1. The first-order chi connectivity index (χ1) is 12.7. The van der Waals surface area contributed by atoms with Crippen LogP contribution in [-0.2, 0) is 4.79 Å². The summed E-state index contributed by atoms with van der Waals surface area (Å²) in [5, 5.41) is 3.23. The molecular formula is C19H18FN3OS2. The Hall–Kier alpha value is -1.99. The highest BCUT2D eigenvalue weighted by Gasteiger charge is 2.38. The average Bonchev–Trinajstić information content (AvgIpc) is 3.27. The molecule has 134 valence electrons. The minimum absolute atomic E-state index is 0.0125. The van der Waals surface area contributed by atoms with Gasteiger partial charge in [-0.25, -0.2) is 9.37 Å². The van der Waals surface area contributed by atoms with Gasteiger partial charge < -0.3 is 0 Å². The predicted molar refractivity (Wildman–Crippen MR) is 105 cm³/mol. The minimum Gasteiger partial charge on any atom is -0.283 e. The molecule has 1 saturated carbocycles. The summed E-state index contributed by atoms with van der Waals surface area (Å²) in [6.07, 6.45) is 9.04. The van der Waals surface area contributed by atoms with Crippen molar-refractivity contribution < 1.29 is 9.18 Å². The van der Waals surface area contributed by atoms with E-state index in [4.69, 9.17) is 0 Å². The lowest BCUT2D eigenvalue weighted by atomic mass is 9.94. The molecule has 1 saturated heterocycles. The molecule has 0 atom stereocenters. The lowest BCUT2D eigenvalue weighted by molar-refractivity contribution is -0.124. The van der Waals surface area contributed by atoms with Gasteiger partial charge in [-0.2, -0.15) is 4.99 Å². The summed E-state index contributed by atoms with van der Waals surface area (Å²) in [7, 11) is 0. The van der Waals surface area contributed by atoms with Crippen LogP contribution in [0.5, 0.6) is 0 Å². The fourth-order valence-corrected chi connectivity index (χ4v) is 4.89. The number of rotatable bonds is 3. The van der Waals surface area contributed by atoms with E-state index in [0.717, 1.165) is 31.2 Å². The zero-order valence-electron chi connectivity index (χ0n) is 14.1. The van der Waals surface area contributed by atoms with Gasteiger partial charge in [0.2, 0.25) is 5.13 Å². The molecule has 0 radical (unpaired) electrons. The number of amides is 1. The molecule has 2 heterocycles. The van der Waals surface area contributed by atoms with Crippen LogP contribution in [0.3, 0.4) is 0 Å². The zero-order chi connectivity index (χ0) is 17.9. The number of hydrogen-bond donors (Lipinski definition) is 0. The van der Waals surface area contributed by atoms with Gasteiger partial charge in [-0.3, -0.25) is 9.69 Å². The molecule has 0 spiro atoms. The maximum atomic E-state index is 13.1. The van der Waals surface area contributed by atoms with Crippen molar-refractivity contribution in [2.75, 3.05) is 0 Å². The topological polar surface area (TPSA) is 45.6 Å². The molecule has 2 fully saturated rings. The molecule has 1 aromatic carbocycles. The Kier molecular flexibility index (Phi) is 5.17. The van der Waals surface area contributed by atoms with Crippen LogP contribution in [0.1, 0.15) is 37.7 Å². The molecule has 1 aliphatic heterocycles. The van der Waals surface area contributed by atoms with Crippen molar-refractivity contribution in [1.82, 2.24) is 9.88 Å². The van der Waals surface area contributed by atoms with Gasteiger partial charge in [-0.15, -0.1) is 11.3 Å². The second-order valence-corrected chi connectivity index (χ2v) is 8.22. The van der Waals surface area contributed by atoms with E-state index in [1.807, 2.05) is 16.4 Å². The van der Waals surface area contributed by atoms with Crippen LogP contribution < -0.4 is 0 Å². The van der Waals surface area contributed by atoms with Crippen molar-refractivity contribution >= 4 is 45.4 Å². The third-order valence-corrected chi connectivity index (χ3v) is 6.20. The highest BCUT2D eigenvalue weighted by molar-refractivity contribution is 8.18. The molecule has 1 aliphatic carbocycles. The molecule has 0 bridgehead atoms.